The SMILES string of the molecule is c1csc(CCNc2ccc3nnc(-c4ccsc4)n3n2)n1. The van der Waals surface area contributed by atoms with Gasteiger partial charge < -0.3 is 5.32 Å². The highest BCUT2D eigenvalue weighted by Crippen LogP contribution is 2.20. The second kappa shape index (κ2) is 5.82. The Morgan fingerprint density at radius 2 is 2.14 bits per heavy atom. The second-order valence-corrected chi connectivity index (χ2v) is 6.39. The van der Waals surface area contributed by atoms with Gasteiger partial charge in [0.05, 0.1) is 5.01 Å². The molecule has 0 aliphatic heterocycles. The van der Waals surface area contributed by atoms with Gasteiger partial charge in [-0.05, 0) is 23.6 Å². The van der Waals surface area contributed by atoms with Crippen molar-refractivity contribution in [2.75, 3.05) is 11.9 Å². The van der Waals surface area contributed by atoms with E-state index in [4.69, 9.17) is 0 Å². The number of nitrogens with zero attached hydrogens (tertiary/aromatic N) is 5. The number of thiazole rings is 1. The van der Waals surface area contributed by atoms with Gasteiger partial charge in [0.1, 0.15) is 5.82 Å². The minimum absolute atomic E-state index is 0.742. The minimum Gasteiger partial charge on any atom is -0.368 e. The van der Waals surface area contributed by atoms with E-state index in [-0.39, 0.29) is 0 Å². The third-order valence-electron chi connectivity index (χ3n) is 3.17. The van der Waals surface area contributed by atoms with Gasteiger partial charge in [0.2, 0.25) is 0 Å². The molecule has 1 N–H and O–H groups in total. The van der Waals surface area contributed by atoms with Crippen LogP contribution in [-0.4, -0.2) is 31.3 Å². The molecule has 22 heavy (non-hydrogen) atoms. The Hall–Kier alpha value is -2.32. The Balaban J connectivity index is 1.56. The predicted octanol–water partition coefficient (Wildman–Crippen LogP) is 2.96. The molecule has 0 bridgehead atoms. The monoisotopic (exact) mass is 328 g/mol. The number of hydrogen-bond acceptors (Lipinski definition) is 7. The van der Waals surface area contributed by atoms with E-state index in [0.29, 0.717) is 0 Å². The lowest BCUT2D eigenvalue weighted by Gasteiger charge is -2.05. The fourth-order valence-corrected chi connectivity index (χ4v) is 3.38. The Kier molecular flexibility index (Phi) is 3.53. The molecule has 0 spiro atoms. The molecule has 0 unspecified atom stereocenters. The molecule has 110 valence electrons. The zero-order chi connectivity index (χ0) is 14.8. The van der Waals surface area contributed by atoms with Crippen molar-refractivity contribution in [1.29, 1.82) is 0 Å². The van der Waals surface area contributed by atoms with E-state index in [1.165, 1.54) is 0 Å². The highest BCUT2D eigenvalue weighted by Gasteiger charge is 2.10. The van der Waals surface area contributed by atoms with Crippen LogP contribution < -0.4 is 5.32 Å². The normalized spacial score (nSPS) is 11.1. The zero-order valence-corrected chi connectivity index (χ0v) is 13.1. The lowest BCUT2D eigenvalue weighted by atomic mass is 10.3. The third kappa shape index (κ3) is 2.58. The average Bonchev–Trinajstić information content (AvgIpc) is 3.28. The van der Waals surface area contributed by atoms with Crippen LogP contribution in [0.1, 0.15) is 5.01 Å². The maximum Gasteiger partial charge on any atom is 0.186 e. The predicted molar refractivity (Wildman–Crippen MR) is 88.4 cm³/mol. The van der Waals surface area contributed by atoms with E-state index >= 15 is 0 Å². The van der Waals surface area contributed by atoms with E-state index in [0.717, 1.165) is 40.8 Å². The average molecular weight is 328 g/mol. The maximum atomic E-state index is 4.58. The lowest BCUT2D eigenvalue weighted by molar-refractivity contribution is 0.913. The zero-order valence-electron chi connectivity index (χ0n) is 11.5. The van der Waals surface area contributed by atoms with E-state index in [2.05, 4.69) is 25.6 Å². The Morgan fingerprint density at radius 3 is 2.95 bits per heavy atom. The van der Waals surface area contributed by atoms with Crippen molar-refractivity contribution in [1.82, 2.24) is 24.8 Å². The summed E-state index contributed by atoms with van der Waals surface area (Å²) >= 11 is 3.30. The first-order chi connectivity index (χ1) is 10.9. The second-order valence-electron chi connectivity index (χ2n) is 4.63. The fraction of sp³-hybridized carbons (Fsp3) is 0.143. The number of fused-ring (bicyclic) bond motifs is 1. The smallest absolute Gasteiger partial charge is 0.186 e. The van der Waals surface area contributed by atoms with Crippen LogP contribution in [0.15, 0.2) is 40.5 Å². The largest absolute Gasteiger partial charge is 0.368 e. The van der Waals surface area contributed by atoms with Crippen LogP contribution in [0.4, 0.5) is 5.82 Å². The van der Waals surface area contributed by atoms with E-state index < -0.39 is 0 Å². The summed E-state index contributed by atoms with van der Waals surface area (Å²) in [6, 6.07) is 5.86. The first-order valence-electron chi connectivity index (χ1n) is 6.77. The standard InChI is InChI=1S/C14H12N6S2/c1-2-12-17-18-14(10-4-7-21-9-10)20(12)19-11(1)15-5-3-13-16-6-8-22-13/h1-2,4,6-9H,3,5H2,(H,15,19). The first-order valence-corrected chi connectivity index (χ1v) is 8.60. The van der Waals surface area contributed by atoms with Crippen molar-refractivity contribution >= 4 is 34.1 Å². The summed E-state index contributed by atoms with van der Waals surface area (Å²) in [7, 11) is 0. The molecule has 0 saturated heterocycles. The van der Waals surface area contributed by atoms with E-state index in [1.807, 2.05) is 40.5 Å². The van der Waals surface area contributed by atoms with Gasteiger partial charge in [-0.2, -0.15) is 15.9 Å². The number of rotatable bonds is 5. The van der Waals surface area contributed by atoms with Crippen LogP contribution >= 0.6 is 22.7 Å². The van der Waals surface area contributed by atoms with E-state index in [9.17, 15) is 0 Å². The van der Waals surface area contributed by atoms with Gasteiger partial charge in [-0.3, -0.25) is 0 Å². The molecule has 0 aliphatic rings. The molecule has 8 heteroatoms. The Bertz CT molecular complexity index is 866. The van der Waals surface area contributed by atoms with Crippen LogP contribution in [0.3, 0.4) is 0 Å². The summed E-state index contributed by atoms with van der Waals surface area (Å²) in [6.07, 6.45) is 2.71. The van der Waals surface area contributed by atoms with Crippen LogP contribution in [0.2, 0.25) is 0 Å². The van der Waals surface area contributed by atoms with Crippen molar-refractivity contribution < 1.29 is 0 Å². The molecule has 4 rings (SSSR count). The molecule has 4 heterocycles. The molecule has 0 radical (unpaired) electrons. The van der Waals surface area contributed by atoms with Crippen LogP contribution in [0.5, 0.6) is 0 Å². The molecule has 4 aromatic heterocycles. The molecule has 6 nitrogen and oxygen atoms in total. The van der Waals surface area contributed by atoms with Crippen molar-refractivity contribution in [3.63, 3.8) is 0 Å². The summed E-state index contributed by atoms with van der Waals surface area (Å²) in [4.78, 5) is 4.27. The van der Waals surface area contributed by atoms with Gasteiger partial charge >= 0.3 is 0 Å². The van der Waals surface area contributed by atoms with Gasteiger partial charge in [-0.25, -0.2) is 4.98 Å². The molecular weight excluding hydrogens is 316 g/mol. The number of thiophene rings is 1. The molecule has 0 aromatic carbocycles. The molecular formula is C14H12N6S2. The lowest BCUT2D eigenvalue weighted by Crippen LogP contribution is -2.08. The highest BCUT2D eigenvalue weighted by molar-refractivity contribution is 7.09. The third-order valence-corrected chi connectivity index (χ3v) is 4.69. The Labute approximate surface area is 134 Å². The number of nitrogens with one attached hydrogen (secondary N) is 1. The summed E-state index contributed by atoms with van der Waals surface area (Å²) in [5.74, 6) is 1.57. The first kappa shape index (κ1) is 13.4. The summed E-state index contributed by atoms with van der Waals surface area (Å²) < 4.78 is 1.77. The van der Waals surface area contributed by atoms with Gasteiger partial charge in [0.15, 0.2) is 11.5 Å². The van der Waals surface area contributed by atoms with Gasteiger partial charge in [0.25, 0.3) is 0 Å². The van der Waals surface area contributed by atoms with Crippen molar-refractivity contribution in [3.8, 4) is 11.4 Å². The van der Waals surface area contributed by atoms with Crippen LogP contribution in [-0.2, 0) is 6.42 Å². The molecule has 4 aromatic rings. The number of hydrogen-bond donors (Lipinski definition) is 1. The summed E-state index contributed by atoms with van der Waals surface area (Å²) in [5, 5.41) is 23.4. The topological polar surface area (TPSA) is 68.0 Å². The molecule has 0 amide bonds. The van der Waals surface area contributed by atoms with E-state index in [1.54, 1.807) is 27.2 Å². The van der Waals surface area contributed by atoms with Crippen molar-refractivity contribution in [2.45, 2.75) is 6.42 Å². The molecule has 0 fully saturated rings. The minimum atomic E-state index is 0.742. The molecule has 0 atom stereocenters. The van der Waals surface area contributed by atoms with Crippen LogP contribution in [0, 0.1) is 0 Å². The summed E-state index contributed by atoms with van der Waals surface area (Å²) in [6.45, 7) is 0.794. The van der Waals surface area contributed by atoms with Gasteiger partial charge in [-0.15, -0.1) is 26.6 Å². The van der Waals surface area contributed by atoms with Crippen molar-refractivity contribution in [2.24, 2.45) is 0 Å². The number of aromatic nitrogens is 5. The quantitative estimate of drug-likeness (QED) is 0.610. The van der Waals surface area contributed by atoms with Crippen molar-refractivity contribution in [3.05, 3.63) is 45.5 Å². The molecule has 0 aliphatic carbocycles. The Morgan fingerprint density at radius 1 is 1.14 bits per heavy atom. The van der Waals surface area contributed by atoms with Crippen LogP contribution in [0.25, 0.3) is 17.0 Å². The maximum absolute atomic E-state index is 4.58. The van der Waals surface area contributed by atoms with Gasteiger partial charge in [-0.1, -0.05) is 0 Å². The highest BCUT2D eigenvalue weighted by atomic mass is 32.1. The molecule has 0 saturated carbocycles. The van der Waals surface area contributed by atoms with Gasteiger partial charge in [0, 0.05) is 35.5 Å². The fourth-order valence-electron chi connectivity index (χ4n) is 2.13. The number of anilines is 1. The summed E-state index contributed by atoms with van der Waals surface area (Å²) in [5.41, 5.74) is 1.77.